The Hall–Kier alpha value is 0.110. The standard InChI is InChI=1S/C18H34O2S/c1-2-3-4-5-6-7-8-9-10-13-18(19)14-16-11-12-17(15-18)21(16)20/h16-17,19H,2-15H2,1H3. The topological polar surface area (TPSA) is 37.3 Å². The van der Waals surface area contributed by atoms with Crippen LogP contribution in [0.4, 0.5) is 0 Å². The van der Waals surface area contributed by atoms with E-state index >= 15 is 0 Å². The predicted molar refractivity (Wildman–Crippen MR) is 91.0 cm³/mol. The van der Waals surface area contributed by atoms with Crippen molar-refractivity contribution in [3.05, 3.63) is 0 Å². The van der Waals surface area contributed by atoms with Gasteiger partial charge in [0, 0.05) is 21.3 Å². The largest absolute Gasteiger partial charge is 0.390 e. The molecule has 21 heavy (non-hydrogen) atoms. The zero-order valence-corrected chi connectivity index (χ0v) is 14.6. The number of aliphatic hydroxyl groups is 1. The molecule has 2 unspecified atom stereocenters. The Balaban J connectivity index is 1.52. The molecule has 0 amide bonds. The van der Waals surface area contributed by atoms with Crippen LogP contribution in [-0.4, -0.2) is 25.4 Å². The van der Waals surface area contributed by atoms with E-state index in [-0.39, 0.29) is 0 Å². The molecular formula is C18H34O2S. The fourth-order valence-electron chi connectivity index (χ4n) is 4.14. The minimum Gasteiger partial charge on any atom is -0.390 e. The van der Waals surface area contributed by atoms with E-state index in [0.717, 1.165) is 38.5 Å². The van der Waals surface area contributed by atoms with Crippen molar-refractivity contribution < 1.29 is 9.32 Å². The summed E-state index contributed by atoms with van der Waals surface area (Å²) in [4.78, 5) is 0. The van der Waals surface area contributed by atoms with Crippen molar-refractivity contribution in [2.45, 2.75) is 113 Å². The molecule has 2 fully saturated rings. The third-order valence-electron chi connectivity index (χ3n) is 5.43. The predicted octanol–water partition coefficient (Wildman–Crippen LogP) is 4.71. The fraction of sp³-hybridized carbons (Fsp3) is 1.00. The molecule has 2 saturated heterocycles. The van der Waals surface area contributed by atoms with Gasteiger partial charge in [-0.15, -0.1) is 0 Å². The first kappa shape index (κ1) is 17.5. The Kier molecular flexibility index (Phi) is 7.21. The summed E-state index contributed by atoms with van der Waals surface area (Å²) >= 11 is 0. The molecule has 124 valence electrons. The molecule has 0 aromatic carbocycles. The van der Waals surface area contributed by atoms with Gasteiger partial charge in [0.25, 0.3) is 0 Å². The summed E-state index contributed by atoms with van der Waals surface area (Å²) in [7, 11) is -0.640. The minimum absolute atomic E-state index is 0.298. The maximum Gasteiger partial charge on any atom is 0.0670 e. The highest BCUT2D eigenvalue weighted by Crippen LogP contribution is 2.42. The monoisotopic (exact) mass is 314 g/mol. The molecule has 1 N–H and O–H groups in total. The van der Waals surface area contributed by atoms with E-state index in [1.165, 1.54) is 51.4 Å². The molecule has 2 rings (SSSR count). The Morgan fingerprint density at radius 2 is 1.38 bits per heavy atom. The van der Waals surface area contributed by atoms with Gasteiger partial charge in [0.15, 0.2) is 0 Å². The second-order valence-electron chi connectivity index (χ2n) is 7.36. The van der Waals surface area contributed by atoms with Crippen LogP contribution in [0.15, 0.2) is 0 Å². The lowest BCUT2D eigenvalue weighted by Gasteiger charge is -2.36. The van der Waals surface area contributed by atoms with Crippen molar-refractivity contribution in [2.24, 2.45) is 0 Å². The van der Waals surface area contributed by atoms with Gasteiger partial charge in [0.1, 0.15) is 0 Å². The summed E-state index contributed by atoms with van der Waals surface area (Å²) in [6, 6.07) is 0. The second-order valence-corrected chi connectivity index (χ2v) is 9.35. The average Bonchev–Trinajstić information content (AvgIpc) is 2.69. The molecule has 0 radical (unpaired) electrons. The van der Waals surface area contributed by atoms with Gasteiger partial charge in [-0.3, -0.25) is 4.21 Å². The Morgan fingerprint density at radius 3 is 1.90 bits per heavy atom. The van der Waals surface area contributed by atoms with E-state index in [2.05, 4.69) is 6.92 Å². The molecule has 0 aromatic heterocycles. The van der Waals surface area contributed by atoms with Gasteiger partial charge in [-0.05, 0) is 32.1 Å². The lowest BCUT2D eigenvalue weighted by molar-refractivity contribution is 0.0119. The van der Waals surface area contributed by atoms with Gasteiger partial charge in [0.2, 0.25) is 0 Å². The molecule has 0 spiro atoms. The molecule has 0 aliphatic carbocycles. The molecule has 2 nitrogen and oxygen atoms in total. The highest BCUT2D eigenvalue weighted by atomic mass is 32.2. The van der Waals surface area contributed by atoms with Crippen LogP contribution in [-0.2, 0) is 10.8 Å². The zero-order chi connectivity index (χ0) is 15.1. The molecule has 2 aliphatic rings. The summed E-state index contributed by atoms with van der Waals surface area (Å²) in [6.07, 6.45) is 16.7. The van der Waals surface area contributed by atoms with Gasteiger partial charge < -0.3 is 5.11 Å². The Morgan fingerprint density at radius 1 is 0.905 bits per heavy atom. The molecular weight excluding hydrogens is 280 g/mol. The van der Waals surface area contributed by atoms with Crippen molar-refractivity contribution in [3.8, 4) is 0 Å². The number of rotatable bonds is 10. The van der Waals surface area contributed by atoms with Gasteiger partial charge in [0.05, 0.1) is 5.60 Å². The van der Waals surface area contributed by atoms with Crippen LogP contribution in [0.3, 0.4) is 0 Å². The summed E-state index contributed by atoms with van der Waals surface area (Å²) in [5, 5.41) is 11.3. The first-order valence-corrected chi connectivity index (χ1v) is 10.5. The van der Waals surface area contributed by atoms with Crippen LogP contribution >= 0.6 is 0 Å². The van der Waals surface area contributed by atoms with Gasteiger partial charge >= 0.3 is 0 Å². The normalized spacial score (nSPS) is 35.2. The van der Waals surface area contributed by atoms with Crippen LogP contribution in [0.1, 0.15) is 96.8 Å². The van der Waals surface area contributed by atoms with Crippen LogP contribution in [0.5, 0.6) is 0 Å². The number of unbranched alkanes of at least 4 members (excludes halogenated alkanes) is 8. The van der Waals surface area contributed by atoms with Crippen molar-refractivity contribution in [1.82, 2.24) is 0 Å². The van der Waals surface area contributed by atoms with Crippen LogP contribution in [0.2, 0.25) is 0 Å². The summed E-state index contributed by atoms with van der Waals surface area (Å²) < 4.78 is 12.0. The van der Waals surface area contributed by atoms with Crippen LogP contribution in [0, 0.1) is 0 Å². The van der Waals surface area contributed by atoms with Gasteiger partial charge in [-0.1, -0.05) is 64.7 Å². The number of hydrogen-bond donors (Lipinski definition) is 1. The molecule has 2 aliphatic heterocycles. The third kappa shape index (κ3) is 5.35. The van der Waals surface area contributed by atoms with E-state index in [4.69, 9.17) is 0 Å². The SMILES string of the molecule is CCCCCCCCCCCC1(O)CC2CCC(C1)S2=O. The van der Waals surface area contributed by atoms with Crippen molar-refractivity contribution in [3.63, 3.8) is 0 Å². The van der Waals surface area contributed by atoms with E-state index in [9.17, 15) is 9.32 Å². The molecule has 2 atom stereocenters. The lowest BCUT2D eigenvalue weighted by Crippen LogP contribution is -2.42. The maximum atomic E-state index is 12.0. The first-order chi connectivity index (χ1) is 10.1. The molecule has 3 heteroatoms. The first-order valence-electron chi connectivity index (χ1n) is 9.26. The molecule has 0 aromatic rings. The number of fused-ring (bicyclic) bond motifs is 2. The maximum absolute atomic E-state index is 12.0. The zero-order valence-electron chi connectivity index (χ0n) is 13.8. The van der Waals surface area contributed by atoms with Gasteiger partial charge in [-0.2, -0.15) is 0 Å². The quantitative estimate of drug-likeness (QED) is 0.593. The summed E-state index contributed by atoms with van der Waals surface area (Å²) in [6.45, 7) is 2.26. The molecule has 2 bridgehead atoms. The number of hydrogen-bond acceptors (Lipinski definition) is 2. The molecule has 0 saturated carbocycles. The van der Waals surface area contributed by atoms with Crippen LogP contribution < -0.4 is 0 Å². The molecule has 2 heterocycles. The van der Waals surface area contributed by atoms with E-state index < -0.39 is 16.4 Å². The third-order valence-corrected chi connectivity index (χ3v) is 7.55. The summed E-state index contributed by atoms with van der Waals surface area (Å²) in [5.41, 5.74) is -0.485. The second kappa shape index (κ2) is 8.67. The highest BCUT2D eigenvalue weighted by molar-refractivity contribution is 7.86. The lowest BCUT2D eigenvalue weighted by atomic mass is 9.87. The van der Waals surface area contributed by atoms with Gasteiger partial charge in [-0.25, -0.2) is 0 Å². The average molecular weight is 315 g/mol. The Bertz CT molecular complexity index is 313. The van der Waals surface area contributed by atoms with Crippen molar-refractivity contribution in [1.29, 1.82) is 0 Å². The smallest absolute Gasteiger partial charge is 0.0670 e. The fourth-order valence-corrected chi connectivity index (χ4v) is 6.37. The van der Waals surface area contributed by atoms with E-state index in [1.54, 1.807) is 0 Å². The highest BCUT2D eigenvalue weighted by Gasteiger charge is 2.46. The Labute approximate surface area is 133 Å². The van der Waals surface area contributed by atoms with E-state index in [0.29, 0.717) is 10.5 Å². The van der Waals surface area contributed by atoms with Crippen molar-refractivity contribution >= 4 is 10.8 Å². The van der Waals surface area contributed by atoms with Crippen molar-refractivity contribution in [2.75, 3.05) is 0 Å². The van der Waals surface area contributed by atoms with E-state index in [1.807, 2.05) is 0 Å². The summed E-state index contributed by atoms with van der Waals surface area (Å²) in [5.74, 6) is 0. The minimum atomic E-state index is -0.640. The van der Waals surface area contributed by atoms with Crippen LogP contribution in [0.25, 0.3) is 0 Å².